The zero-order valence-electron chi connectivity index (χ0n) is 11.6. The van der Waals surface area contributed by atoms with E-state index in [1.54, 1.807) is 4.90 Å². The van der Waals surface area contributed by atoms with E-state index in [1.165, 1.54) is 0 Å². The van der Waals surface area contributed by atoms with E-state index < -0.39 is 0 Å². The molecule has 0 aliphatic rings. The van der Waals surface area contributed by atoms with Crippen LogP contribution < -0.4 is 5.73 Å². The lowest BCUT2D eigenvalue weighted by Gasteiger charge is -2.29. The monoisotopic (exact) mass is 348 g/mol. The van der Waals surface area contributed by atoms with Crippen LogP contribution in [-0.4, -0.2) is 30.9 Å². The number of carbonyl (C=O) groups excluding carboxylic acids is 1. The number of halogens is 2. The molecule has 0 atom stereocenters. The molecule has 0 aliphatic carbocycles. The highest BCUT2D eigenvalue weighted by molar-refractivity contribution is 9.10. The van der Waals surface area contributed by atoms with Crippen LogP contribution in [0.1, 0.15) is 19.4 Å². The Morgan fingerprint density at radius 3 is 2.58 bits per heavy atom. The fourth-order valence-electron chi connectivity index (χ4n) is 1.75. The summed E-state index contributed by atoms with van der Waals surface area (Å²) < 4.78 is 0.998. The van der Waals surface area contributed by atoms with Gasteiger partial charge in [-0.2, -0.15) is 0 Å². The number of hydrogen-bond acceptors (Lipinski definition) is 2. The van der Waals surface area contributed by atoms with Gasteiger partial charge in [0.05, 0.1) is 6.42 Å². The van der Waals surface area contributed by atoms with Crippen LogP contribution in [0.15, 0.2) is 28.7 Å². The second-order valence-electron chi connectivity index (χ2n) is 5.42. The number of amides is 1. The first kappa shape index (κ1) is 18.4. The van der Waals surface area contributed by atoms with Gasteiger partial charge in [0, 0.05) is 18.1 Å². The van der Waals surface area contributed by atoms with Gasteiger partial charge in [0.1, 0.15) is 0 Å². The maximum Gasteiger partial charge on any atom is 0.226 e. The summed E-state index contributed by atoms with van der Waals surface area (Å²) in [5.74, 6) is 0.120. The van der Waals surface area contributed by atoms with Crippen LogP contribution in [0.4, 0.5) is 0 Å². The number of hydrogen-bond donors (Lipinski definition) is 1. The van der Waals surface area contributed by atoms with Crippen molar-refractivity contribution < 1.29 is 4.79 Å². The highest BCUT2D eigenvalue weighted by Gasteiger charge is 2.21. The zero-order chi connectivity index (χ0) is 13.8. The fraction of sp³-hybridized carbons (Fsp3) is 0.500. The highest BCUT2D eigenvalue weighted by Crippen LogP contribution is 2.16. The second-order valence-corrected chi connectivity index (χ2v) is 6.34. The molecule has 5 heteroatoms. The Morgan fingerprint density at radius 1 is 1.42 bits per heavy atom. The van der Waals surface area contributed by atoms with Crippen LogP contribution in [-0.2, 0) is 11.2 Å². The van der Waals surface area contributed by atoms with Crippen molar-refractivity contribution in [1.29, 1.82) is 0 Å². The van der Waals surface area contributed by atoms with E-state index in [1.807, 2.05) is 31.3 Å². The maximum absolute atomic E-state index is 12.1. The molecule has 3 nitrogen and oxygen atoms in total. The van der Waals surface area contributed by atoms with Crippen molar-refractivity contribution in [3.63, 3.8) is 0 Å². The number of nitrogens with zero attached hydrogens (tertiary/aromatic N) is 1. The standard InChI is InChI=1S/C14H21BrN2O.ClH/c1-14(2,9-16)10-17(3)13(18)8-11-5-4-6-12(15)7-11;/h4-7H,8-10,16H2,1-3H3;1H. The first-order chi connectivity index (χ1) is 8.34. The molecule has 2 N–H and O–H groups in total. The van der Waals surface area contributed by atoms with E-state index in [2.05, 4.69) is 29.8 Å². The summed E-state index contributed by atoms with van der Waals surface area (Å²) in [5.41, 5.74) is 6.66. The molecule has 0 radical (unpaired) electrons. The molecule has 0 unspecified atom stereocenters. The summed E-state index contributed by atoms with van der Waals surface area (Å²) in [6.45, 7) is 5.38. The lowest BCUT2D eigenvalue weighted by atomic mass is 9.93. The molecule has 0 saturated carbocycles. The molecule has 0 fully saturated rings. The van der Waals surface area contributed by atoms with E-state index in [-0.39, 0.29) is 23.7 Å². The second kappa shape index (κ2) is 7.88. The predicted molar refractivity (Wildman–Crippen MR) is 85.6 cm³/mol. The van der Waals surface area contributed by atoms with Gasteiger partial charge >= 0.3 is 0 Å². The minimum atomic E-state index is -0.0400. The molecule has 19 heavy (non-hydrogen) atoms. The van der Waals surface area contributed by atoms with Crippen molar-refractivity contribution in [3.8, 4) is 0 Å². The van der Waals surface area contributed by atoms with Crippen LogP contribution in [0.25, 0.3) is 0 Å². The summed E-state index contributed by atoms with van der Waals surface area (Å²) in [6, 6.07) is 7.83. The number of benzene rings is 1. The Morgan fingerprint density at radius 2 is 2.05 bits per heavy atom. The predicted octanol–water partition coefficient (Wildman–Crippen LogP) is 2.86. The smallest absolute Gasteiger partial charge is 0.226 e. The normalized spacial score (nSPS) is 10.8. The van der Waals surface area contributed by atoms with Gasteiger partial charge in [0.25, 0.3) is 0 Å². The fourth-order valence-corrected chi connectivity index (χ4v) is 2.20. The number of likely N-dealkylation sites (N-methyl/N-ethyl adjacent to an activating group) is 1. The van der Waals surface area contributed by atoms with Crippen molar-refractivity contribution in [3.05, 3.63) is 34.3 Å². The molecule has 1 amide bonds. The topological polar surface area (TPSA) is 46.3 Å². The van der Waals surface area contributed by atoms with Gasteiger partial charge in [-0.3, -0.25) is 4.79 Å². The molecule has 108 valence electrons. The molecule has 1 aromatic carbocycles. The Hall–Kier alpha value is -0.580. The third kappa shape index (κ3) is 6.41. The Labute approximate surface area is 130 Å². The molecule has 0 aromatic heterocycles. The number of nitrogens with two attached hydrogens (primary N) is 1. The van der Waals surface area contributed by atoms with E-state index in [0.717, 1.165) is 10.0 Å². The molecule has 0 bridgehead atoms. The molecular weight excluding hydrogens is 328 g/mol. The SMILES string of the molecule is CN(CC(C)(C)CN)C(=O)Cc1cccc(Br)c1.Cl. The van der Waals surface area contributed by atoms with Crippen LogP contribution >= 0.6 is 28.3 Å². The van der Waals surface area contributed by atoms with Gasteiger partial charge in [-0.25, -0.2) is 0 Å². The first-order valence-electron chi connectivity index (χ1n) is 6.02. The lowest BCUT2D eigenvalue weighted by Crippen LogP contribution is -2.40. The van der Waals surface area contributed by atoms with Crippen molar-refractivity contribution in [1.82, 2.24) is 4.90 Å². The van der Waals surface area contributed by atoms with Crippen LogP contribution in [0.5, 0.6) is 0 Å². The van der Waals surface area contributed by atoms with Gasteiger partial charge in [0.2, 0.25) is 5.91 Å². The zero-order valence-corrected chi connectivity index (χ0v) is 14.1. The molecule has 0 saturated heterocycles. The minimum Gasteiger partial charge on any atom is -0.345 e. The lowest BCUT2D eigenvalue weighted by molar-refractivity contribution is -0.130. The first-order valence-corrected chi connectivity index (χ1v) is 6.82. The third-order valence-corrected chi connectivity index (χ3v) is 3.38. The molecule has 0 aliphatic heterocycles. The summed E-state index contributed by atoms with van der Waals surface area (Å²) >= 11 is 3.41. The van der Waals surface area contributed by atoms with E-state index in [0.29, 0.717) is 19.5 Å². The summed E-state index contributed by atoms with van der Waals surface area (Å²) in [7, 11) is 1.83. The quantitative estimate of drug-likeness (QED) is 0.888. The van der Waals surface area contributed by atoms with Crippen molar-refractivity contribution >= 4 is 34.2 Å². The Balaban J connectivity index is 0.00000324. The average Bonchev–Trinajstić information content (AvgIpc) is 2.28. The summed E-state index contributed by atoms with van der Waals surface area (Å²) in [4.78, 5) is 13.8. The third-order valence-electron chi connectivity index (χ3n) is 2.89. The van der Waals surface area contributed by atoms with E-state index >= 15 is 0 Å². The highest BCUT2D eigenvalue weighted by atomic mass is 79.9. The van der Waals surface area contributed by atoms with Crippen LogP contribution in [0, 0.1) is 5.41 Å². The largest absolute Gasteiger partial charge is 0.345 e. The van der Waals surface area contributed by atoms with E-state index in [4.69, 9.17) is 5.73 Å². The summed E-state index contributed by atoms with van der Waals surface area (Å²) in [5, 5.41) is 0. The number of rotatable bonds is 5. The average molecular weight is 350 g/mol. The van der Waals surface area contributed by atoms with E-state index in [9.17, 15) is 4.79 Å². The van der Waals surface area contributed by atoms with Crippen molar-refractivity contribution in [2.75, 3.05) is 20.1 Å². The molecule has 1 aromatic rings. The molecular formula is C14H22BrClN2O. The molecule has 0 heterocycles. The molecule has 0 spiro atoms. The van der Waals surface area contributed by atoms with Gasteiger partial charge in [0.15, 0.2) is 0 Å². The van der Waals surface area contributed by atoms with Crippen molar-refractivity contribution in [2.45, 2.75) is 20.3 Å². The Kier molecular flexibility index (Phi) is 7.64. The van der Waals surface area contributed by atoms with Crippen LogP contribution in [0.2, 0.25) is 0 Å². The summed E-state index contributed by atoms with van der Waals surface area (Å²) in [6.07, 6.45) is 0.427. The van der Waals surface area contributed by atoms with Gasteiger partial charge in [-0.05, 0) is 29.7 Å². The Bertz CT molecular complexity index is 424. The molecule has 1 rings (SSSR count). The maximum atomic E-state index is 12.1. The van der Waals surface area contributed by atoms with Gasteiger partial charge in [-0.1, -0.05) is 41.9 Å². The van der Waals surface area contributed by atoms with Gasteiger partial charge < -0.3 is 10.6 Å². The minimum absolute atomic E-state index is 0. The van der Waals surface area contributed by atoms with Gasteiger partial charge in [-0.15, -0.1) is 12.4 Å². The van der Waals surface area contributed by atoms with Crippen LogP contribution in [0.3, 0.4) is 0 Å². The number of carbonyl (C=O) groups is 1. The van der Waals surface area contributed by atoms with Crippen molar-refractivity contribution in [2.24, 2.45) is 11.1 Å².